The highest BCUT2D eigenvalue weighted by Crippen LogP contribution is 2.25. The predicted octanol–water partition coefficient (Wildman–Crippen LogP) is 2.43. The van der Waals surface area contributed by atoms with Gasteiger partial charge >= 0.3 is 0 Å². The van der Waals surface area contributed by atoms with Crippen molar-refractivity contribution < 1.29 is 12.8 Å². The number of hydrogen-bond donors (Lipinski definition) is 1. The van der Waals surface area contributed by atoms with Crippen molar-refractivity contribution in [2.45, 2.75) is 25.8 Å². The molecular weight excluding hydrogens is 301 g/mol. The van der Waals surface area contributed by atoms with Gasteiger partial charge in [0.25, 0.3) is 0 Å². The highest BCUT2D eigenvalue weighted by molar-refractivity contribution is 7.91. The van der Waals surface area contributed by atoms with E-state index >= 15 is 0 Å². The first-order valence-electron chi connectivity index (χ1n) is 6.79. The van der Waals surface area contributed by atoms with Crippen molar-refractivity contribution in [2.24, 2.45) is 5.92 Å². The minimum Gasteiger partial charge on any atom is -0.314 e. The molecule has 112 valence electrons. The SMILES string of the molecule is CCNC(Cc1ccc(F)c(Cl)c1)C1CCS(=O)(=O)C1. The number of hydrogen-bond acceptors (Lipinski definition) is 3. The van der Waals surface area contributed by atoms with Crippen LogP contribution in [0.5, 0.6) is 0 Å². The van der Waals surface area contributed by atoms with Gasteiger partial charge in [0, 0.05) is 6.04 Å². The van der Waals surface area contributed by atoms with Gasteiger partial charge in [-0.05, 0) is 43.0 Å². The molecule has 0 aromatic heterocycles. The standard InChI is InChI=1S/C14H19ClFNO2S/c1-2-17-14(11-5-6-20(18,19)9-11)8-10-3-4-13(16)12(15)7-10/h3-4,7,11,14,17H,2,5-6,8-9H2,1H3. The first kappa shape index (κ1) is 15.7. The fraction of sp³-hybridized carbons (Fsp3) is 0.571. The van der Waals surface area contributed by atoms with Crippen molar-refractivity contribution in [1.82, 2.24) is 5.32 Å². The molecule has 1 aromatic rings. The third kappa shape index (κ3) is 3.93. The van der Waals surface area contributed by atoms with Gasteiger partial charge in [-0.25, -0.2) is 12.8 Å². The van der Waals surface area contributed by atoms with Crippen molar-refractivity contribution in [2.75, 3.05) is 18.1 Å². The van der Waals surface area contributed by atoms with Crippen molar-refractivity contribution in [3.63, 3.8) is 0 Å². The van der Waals surface area contributed by atoms with E-state index in [1.54, 1.807) is 12.1 Å². The van der Waals surface area contributed by atoms with Crippen LogP contribution < -0.4 is 5.32 Å². The lowest BCUT2D eigenvalue weighted by molar-refractivity contribution is 0.386. The van der Waals surface area contributed by atoms with Crippen LogP contribution >= 0.6 is 11.6 Å². The molecule has 0 amide bonds. The molecule has 1 fully saturated rings. The average molecular weight is 320 g/mol. The molecule has 0 radical (unpaired) electrons. The molecular formula is C14H19ClFNO2S. The number of rotatable bonds is 5. The van der Waals surface area contributed by atoms with Gasteiger partial charge in [0.1, 0.15) is 5.82 Å². The summed E-state index contributed by atoms with van der Waals surface area (Å²) in [6.07, 6.45) is 1.35. The Hall–Kier alpha value is -0.650. The summed E-state index contributed by atoms with van der Waals surface area (Å²) in [6.45, 7) is 2.77. The molecule has 0 bridgehead atoms. The minimum atomic E-state index is -2.89. The highest BCUT2D eigenvalue weighted by Gasteiger charge is 2.33. The zero-order valence-electron chi connectivity index (χ0n) is 11.4. The van der Waals surface area contributed by atoms with Crippen LogP contribution in [-0.4, -0.2) is 32.5 Å². The number of nitrogens with one attached hydrogen (secondary N) is 1. The molecule has 1 saturated heterocycles. The summed E-state index contributed by atoms with van der Waals surface area (Å²) >= 11 is 5.79. The van der Waals surface area contributed by atoms with E-state index in [1.807, 2.05) is 6.92 Å². The maximum absolute atomic E-state index is 13.2. The van der Waals surface area contributed by atoms with E-state index in [0.717, 1.165) is 12.1 Å². The second kappa shape index (κ2) is 6.41. The van der Waals surface area contributed by atoms with E-state index in [9.17, 15) is 12.8 Å². The first-order chi connectivity index (χ1) is 9.41. The molecule has 0 saturated carbocycles. The third-order valence-corrected chi connectivity index (χ3v) is 5.83. The Bertz CT molecular complexity index is 577. The molecule has 1 aliphatic heterocycles. The smallest absolute Gasteiger partial charge is 0.150 e. The van der Waals surface area contributed by atoms with Crippen LogP contribution in [0.2, 0.25) is 5.02 Å². The normalized spacial score (nSPS) is 22.9. The Kier molecular flexibility index (Phi) is 5.04. The lowest BCUT2D eigenvalue weighted by Gasteiger charge is -2.23. The van der Waals surface area contributed by atoms with Crippen LogP contribution in [0.15, 0.2) is 18.2 Å². The largest absolute Gasteiger partial charge is 0.314 e. The van der Waals surface area contributed by atoms with E-state index in [-0.39, 0.29) is 28.5 Å². The number of sulfone groups is 1. The Morgan fingerprint density at radius 1 is 1.50 bits per heavy atom. The van der Waals surface area contributed by atoms with Gasteiger partial charge in [-0.3, -0.25) is 0 Å². The molecule has 1 aromatic carbocycles. The van der Waals surface area contributed by atoms with E-state index in [1.165, 1.54) is 6.07 Å². The summed E-state index contributed by atoms with van der Waals surface area (Å²) in [5, 5.41) is 3.45. The molecule has 6 heteroatoms. The van der Waals surface area contributed by atoms with Crippen LogP contribution in [0.1, 0.15) is 18.9 Å². The third-order valence-electron chi connectivity index (χ3n) is 3.74. The van der Waals surface area contributed by atoms with Crippen LogP contribution in [0, 0.1) is 11.7 Å². The van der Waals surface area contributed by atoms with Crippen molar-refractivity contribution >= 4 is 21.4 Å². The Balaban J connectivity index is 2.11. The lowest BCUT2D eigenvalue weighted by atomic mass is 9.93. The molecule has 2 atom stereocenters. The molecule has 2 rings (SSSR count). The fourth-order valence-corrected chi connectivity index (χ4v) is 4.81. The molecule has 1 heterocycles. The maximum atomic E-state index is 13.2. The second-order valence-corrected chi connectivity index (χ2v) is 7.92. The van der Waals surface area contributed by atoms with Gasteiger partial charge in [-0.1, -0.05) is 24.6 Å². The van der Waals surface area contributed by atoms with Crippen LogP contribution in [0.4, 0.5) is 4.39 Å². The summed E-state index contributed by atoms with van der Waals surface area (Å²) in [5.41, 5.74) is 0.923. The van der Waals surface area contributed by atoms with E-state index in [2.05, 4.69) is 5.32 Å². The zero-order chi connectivity index (χ0) is 14.8. The molecule has 3 nitrogen and oxygen atoms in total. The topological polar surface area (TPSA) is 46.2 Å². The van der Waals surface area contributed by atoms with Gasteiger partial charge in [-0.2, -0.15) is 0 Å². The minimum absolute atomic E-state index is 0.0822. The fourth-order valence-electron chi connectivity index (χ4n) is 2.73. The van der Waals surface area contributed by atoms with Crippen LogP contribution in [0.25, 0.3) is 0 Å². The molecule has 20 heavy (non-hydrogen) atoms. The maximum Gasteiger partial charge on any atom is 0.150 e. The predicted molar refractivity (Wildman–Crippen MR) is 79.3 cm³/mol. The zero-order valence-corrected chi connectivity index (χ0v) is 13.0. The average Bonchev–Trinajstić information content (AvgIpc) is 2.74. The van der Waals surface area contributed by atoms with Crippen molar-refractivity contribution in [3.05, 3.63) is 34.6 Å². The van der Waals surface area contributed by atoms with E-state index in [0.29, 0.717) is 12.8 Å². The summed E-state index contributed by atoms with van der Waals surface area (Å²) in [6, 6.07) is 4.75. The first-order valence-corrected chi connectivity index (χ1v) is 8.99. The Morgan fingerprint density at radius 3 is 2.80 bits per heavy atom. The van der Waals surface area contributed by atoms with Gasteiger partial charge in [0.15, 0.2) is 9.84 Å². The molecule has 1 N–H and O–H groups in total. The van der Waals surface area contributed by atoms with Crippen molar-refractivity contribution in [3.8, 4) is 0 Å². The monoisotopic (exact) mass is 319 g/mol. The van der Waals surface area contributed by atoms with Gasteiger partial charge < -0.3 is 5.32 Å². The van der Waals surface area contributed by atoms with Crippen LogP contribution in [-0.2, 0) is 16.3 Å². The molecule has 1 aliphatic rings. The van der Waals surface area contributed by atoms with Crippen LogP contribution in [0.3, 0.4) is 0 Å². The summed E-state index contributed by atoms with van der Waals surface area (Å²) in [4.78, 5) is 0. The molecule has 0 aliphatic carbocycles. The quantitative estimate of drug-likeness (QED) is 0.906. The summed E-state index contributed by atoms with van der Waals surface area (Å²) in [5.74, 6) is 0.186. The second-order valence-electron chi connectivity index (χ2n) is 5.28. The summed E-state index contributed by atoms with van der Waals surface area (Å²) < 4.78 is 36.4. The highest BCUT2D eigenvalue weighted by atomic mass is 35.5. The Labute approximate surface area is 124 Å². The van der Waals surface area contributed by atoms with Gasteiger partial charge in [0.05, 0.1) is 16.5 Å². The van der Waals surface area contributed by atoms with Crippen molar-refractivity contribution in [1.29, 1.82) is 0 Å². The summed E-state index contributed by atoms with van der Waals surface area (Å²) in [7, 11) is -2.89. The van der Waals surface area contributed by atoms with E-state index in [4.69, 9.17) is 11.6 Å². The van der Waals surface area contributed by atoms with Gasteiger partial charge in [-0.15, -0.1) is 0 Å². The lowest BCUT2D eigenvalue weighted by Crippen LogP contribution is -2.38. The van der Waals surface area contributed by atoms with Gasteiger partial charge in [0.2, 0.25) is 0 Å². The molecule has 2 unspecified atom stereocenters. The number of likely N-dealkylation sites (N-methyl/N-ethyl adjacent to an activating group) is 1. The molecule has 0 spiro atoms. The number of benzene rings is 1. The Morgan fingerprint density at radius 2 is 2.25 bits per heavy atom. The number of halogens is 2. The van der Waals surface area contributed by atoms with E-state index < -0.39 is 15.7 Å².